The fourth-order valence-corrected chi connectivity index (χ4v) is 2.93. The van der Waals surface area contributed by atoms with E-state index in [2.05, 4.69) is 74.7 Å². The average molecular weight is 354 g/mol. The molecule has 108 valence electrons. The molecule has 0 amide bonds. The number of aromatic nitrogens is 1. The minimum absolute atomic E-state index is 0.858. The van der Waals surface area contributed by atoms with Gasteiger partial charge >= 0.3 is 0 Å². The number of rotatable bonds is 7. The summed E-state index contributed by atoms with van der Waals surface area (Å²) in [5, 5.41) is 6.59. The molecule has 0 unspecified atom stereocenters. The molecule has 2 rings (SSSR count). The third-order valence-electron chi connectivity index (χ3n) is 2.93. The van der Waals surface area contributed by atoms with Crippen molar-refractivity contribution >= 4 is 32.4 Å². The Morgan fingerprint density at radius 1 is 1.30 bits per heavy atom. The van der Waals surface area contributed by atoms with Crippen molar-refractivity contribution in [3.63, 3.8) is 0 Å². The predicted octanol–water partition coefficient (Wildman–Crippen LogP) is 4.04. The van der Waals surface area contributed by atoms with E-state index in [1.165, 1.54) is 5.56 Å². The molecule has 0 saturated heterocycles. The molecule has 0 bridgehead atoms. The van der Waals surface area contributed by atoms with Gasteiger partial charge in [0.2, 0.25) is 0 Å². The van der Waals surface area contributed by atoms with Gasteiger partial charge in [-0.15, -0.1) is 11.3 Å². The maximum absolute atomic E-state index is 4.67. The first-order valence-electron chi connectivity index (χ1n) is 6.79. The molecule has 0 aliphatic heterocycles. The Bertz CT molecular complexity index is 524. The molecule has 0 aliphatic carbocycles. The van der Waals surface area contributed by atoms with E-state index in [9.17, 15) is 0 Å². The van der Waals surface area contributed by atoms with Gasteiger partial charge in [-0.2, -0.15) is 0 Å². The minimum Gasteiger partial charge on any atom is -0.347 e. The van der Waals surface area contributed by atoms with Gasteiger partial charge in [-0.1, -0.05) is 35.0 Å². The largest absolute Gasteiger partial charge is 0.347 e. The van der Waals surface area contributed by atoms with Crippen LogP contribution in [0.25, 0.3) is 0 Å². The summed E-state index contributed by atoms with van der Waals surface area (Å²) in [5.41, 5.74) is 2.41. The zero-order chi connectivity index (χ0) is 14.4. The van der Waals surface area contributed by atoms with Crippen molar-refractivity contribution in [3.8, 4) is 0 Å². The highest BCUT2D eigenvalue weighted by atomic mass is 79.9. The topological polar surface area (TPSA) is 28.2 Å². The van der Waals surface area contributed by atoms with Gasteiger partial charge in [0, 0.05) is 30.0 Å². The van der Waals surface area contributed by atoms with E-state index in [0.717, 1.165) is 41.4 Å². The van der Waals surface area contributed by atoms with E-state index in [0.29, 0.717) is 0 Å². The molecule has 0 fully saturated rings. The van der Waals surface area contributed by atoms with E-state index in [4.69, 9.17) is 0 Å². The minimum atomic E-state index is 0.858. The number of anilines is 1. The van der Waals surface area contributed by atoms with Crippen molar-refractivity contribution in [2.45, 2.75) is 26.4 Å². The van der Waals surface area contributed by atoms with Gasteiger partial charge in [0.25, 0.3) is 0 Å². The summed E-state index contributed by atoms with van der Waals surface area (Å²) in [7, 11) is 2.09. The Labute approximate surface area is 133 Å². The molecule has 0 radical (unpaired) electrons. The molecule has 0 atom stereocenters. The molecule has 0 saturated carbocycles. The van der Waals surface area contributed by atoms with E-state index in [1.807, 2.05) is 0 Å². The molecule has 1 heterocycles. The Morgan fingerprint density at radius 3 is 2.75 bits per heavy atom. The van der Waals surface area contributed by atoms with Crippen LogP contribution in [0, 0.1) is 0 Å². The Kier molecular flexibility index (Phi) is 6.01. The van der Waals surface area contributed by atoms with Crippen LogP contribution < -0.4 is 10.2 Å². The van der Waals surface area contributed by atoms with Crippen LogP contribution in [-0.2, 0) is 13.1 Å². The van der Waals surface area contributed by atoms with Crippen LogP contribution in [0.15, 0.2) is 34.1 Å². The second-order valence-electron chi connectivity index (χ2n) is 4.78. The number of halogens is 1. The van der Waals surface area contributed by atoms with Gasteiger partial charge in [-0.05, 0) is 30.7 Å². The number of thiazole rings is 1. The zero-order valence-electron chi connectivity index (χ0n) is 11.9. The maximum atomic E-state index is 4.67. The van der Waals surface area contributed by atoms with Gasteiger partial charge in [0.05, 0.1) is 5.69 Å². The van der Waals surface area contributed by atoms with Crippen molar-refractivity contribution < 1.29 is 0 Å². The summed E-state index contributed by atoms with van der Waals surface area (Å²) in [5.74, 6) is 0. The normalized spacial score (nSPS) is 10.8. The lowest BCUT2D eigenvalue weighted by molar-refractivity contribution is 0.666. The molecule has 0 aliphatic rings. The highest BCUT2D eigenvalue weighted by Gasteiger charge is 2.07. The van der Waals surface area contributed by atoms with E-state index in [1.54, 1.807) is 11.3 Å². The molecule has 3 nitrogen and oxygen atoms in total. The second-order valence-corrected chi connectivity index (χ2v) is 6.53. The third-order valence-corrected chi connectivity index (χ3v) is 4.46. The maximum Gasteiger partial charge on any atom is 0.185 e. The SMILES string of the molecule is CCCNCc1csc(N(C)Cc2ccc(Br)cc2)n1. The van der Waals surface area contributed by atoms with Gasteiger partial charge in [0.15, 0.2) is 5.13 Å². The van der Waals surface area contributed by atoms with Gasteiger partial charge in [0.1, 0.15) is 0 Å². The van der Waals surface area contributed by atoms with Crippen LogP contribution in [0.1, 0.15) is 24.6 Å². The van der Waals surface area contributed by atoms with Crippen molar-refractivity contribution in [3.05, 3.63) is 45.4 Å². The Hall–Kier alpha value is -0.910. The number of nitrogens with one attached hydrogen (secondary N) is 1. The van der Waals surface area contributed by atoms with Crippen LogP contribution in [0.5, 0.6) is 0 Å². The highest BCUT2D eigenvalue weighted by Crippen LogP contribution is 2.21. The molecule has 1 aromatic heterocycles. The lowest BCUT2D eigenvalue weighted by Crippen LogP contribution is -2.17. The predicted molar refractivity (Wildman–Crippen MR) is 90.4 cm³/mol. The van der Waals surface area contributed by atoms with Crippen molar-refractivity contribution in [1.82, 2.24) is 10.3 Å². The number of hydrogen-bond donors (Lipinski definition) is 1. The fraction of sp³-hybridized carbons (Fsp3) is 0.400. The second kappa shape index (κ2) is 7.76. The fourth-order valence-electron chi connectivity index (χ4n) is 1.88. The molecule has 20 heavy (non-hydrogen) atoms. The van der Waals surface area contributed by atoms with Gasteiger partial charge in [-0.3, -0.25) is 0 Å². The van der Waals surface area contributed by atoms with Crippen LogP contribution in [-0.4, -0.2) is 18.6 Å². The molecular formula is C15H20BrN3S. The number of benzene rings is 1. The lowest BCUT2D eigenvalue weighted by atomic mass is 10.2. The summed E-state index contributed by atoms with van der Waals surface area (Å²) < 4.78 is 1.11. The third kappa shape index (κ3) is 4.58. The van der Waals surface area contributed by atoms with Gasteiger partial charge in [-0.25, -0.2) is 4.98 Å². The zero-order valence-corrected chi connectivity index (χ0v) is 14.3. The van der Waals surface area contributed by atoms with Crippen molar-refractivity contribution in [2.75, 3.05) is 18.5 Å². The molecule has 1 aromatic carbocycles. The van der Waals surface area contributed by atoms with Crippen LogP contribution >= 0.6 is 27.3 Å². The summed E-state index contributed by atoms with van der Waals surface area (Å²) in [4.78, 5) is 6.86. The van der Waals surface area contributed by atoms with Crippen molar-refractivity contribution in [1.29, 1.82) is 0 Å². The Morgan fingerprint density at radius 2 is 2.05 bits per heavy atom. The van der Waals surface area contributed by atoms with E-state index < -0.39 is 0 Å². The molecule has 2 aromatic rings. The Balaban J connectivity index is 1.91. The first-order valence-corrected chi connectivity index (χ1v) is 8.47. The van der Waals surface area contributed by atoms with Gasteiger partial charge < -0.3 is 10.2 Å². The monoisotopic (exact) mass is 353 g/mol. The number of nitrogens with zero attached hydrogens (tertiary/aromatic N) is 2. The molecule has 0 spiro atoms. The molecule has 1 N–H and O–H groups in total. The highest BCUT2D eigenvalue weighted by molar-refractivity contribution is 9.10. The molecular weight excluding hydrogens is 334 g/mol. The van der Waals surface area contributed by atoms with E-state index >= 15 is 0 Å². The van der Waals surface area contributed by atoms with Crippen molar-refractivity contribution in [2.24, 2.45) is 0 Å². The summed E-state index contributed by atoms with van der Waals surface area (Å²) in [6, 6.07) is 8.42. The quantitative estimate of drug-likeness (QED) is 0.761. The van der Waals surface area contributed by atoms with Crippen LogP contribution in [0.2, 0.25) is 0 Å². The average Bonchev–Trinajstić information content (AvgIpc) is 2.91. The first kappa shape index (κ1) is 15.5. The first-order chi connectivity index (χ1) is 9.69. The standard InChI is InChI=1S/C15H20BrN3S/c1-3-8-17-9-14-11-20-15(18-14)19(2)10-12-4-6-13(16)7-5-12/h4-7,11,17H,3,8-10H2,1-2H3. The summed E-state index contributed by atoms with van der Waals surface area (Å²) in [6.45, 7) is 4.95. The number of hydrogen-bond acceptors (Lipinski definition) is 4. The summed E-state index contributed by atoms with van der Waals surface area (Å²) >= 11 is 5.16. The molecule has 5 heteroatoms. The summed E-state index contributed by atoms with van der Waals surface area (Å²) in [6.07, 6.45) is 1.15. The van der Waals surface area contributed by atoms with Crippen LogP contribution in [0.4, 0.5) is 5.13 Å². The van der Waals surface area contributed by atoms with Crippen LogP contribution in [0.3, 0.4) is 0 Å². The lowest BCUT2D eigenvalue weighted by Gasteiger charge is -2.15. The van der Waals surface area contributed by atoms with E-state index in [-0.39, 0.29) is 0 Å². The smallest absolute Gasteiger partial charge is 0.185 e.